The number of aromatic nitrogens is 2. The Bertz CT molecular complexity index is 904. The van der Waals surface area contributed by atoms with Crippen molar-refractivity contribution in [2.45, 2.75) is 20.8 Å². The number of urea groups is 1. The SMILES string of the molecule is Cc1ccc(Nc2ccc(NC(=O)Nc3cccc(C)c3C)cc2)nn1. The smallest absolute Gasteiger partial charge is 0.323 e. The molecule has 0 aliphatic carbocycles. The van der Waals surface area contributed by atoms with Crippen LogP contribution < -0.4 is 16.0 Å². The molecule has 0 aliphatic rings. The molecule has 6 nitrogen and oxygen atoms in total. The molecule has 3 aromatic rings. The van der Waals surface area contributed by atoms with Crippen LogP contribution in [0.1, 0.15) is 16.8 Å². The van der Waals surface area contributed by atoms with E-state index in [4.69, 9.17) is 0 Å². The third-order valence-electron chi connectivity index (χ3n) is 4.07. The Hall–Kier alpha value is -3.41. The second-order valence-corrected chi connectivity index (χ2v) is 6.09. The number of hydrogen-bond donors (Lipinski definition) is 3. The van der Waals surface area contributed by atoms with Gasteiger partial charge in [0.25, 0.3) is 0 Å². The lowest BCUT2D eigenvalue weighted by molar-refractivity contribution is 0.262. The van der Waals surface area contributed by atoms with E-state index < -0.39 is 0 Å². The topological polar surface area (TPSA) is 78.9 Å². The minimum absolute atomic E-state index is 0.274. The van der Waals surface area contributed by atoms with E-state index in [1.165, 1.54) is 0 Å². The van der Waals surface area contributed by atoms with Crippen molar-refractivity contribution in [2.24, 2.45) is 0 Å². The van der Waals surface area contributed by atoms with Gasteiger partial charge >= 0.3 is 6.03 Å². The van der Waals surface area contributed by atoms with Crippen molar-refractivity contribution in [1.29, 1.82) is 0 Å². The van der Waals surface area contributed by atoms with E-state index in [9.17, 15) is 4.79 Å². The van der Waals surface area contributed by atoms with Crippen molar-refractivity contribution in [2.75, 3.05) is 16.0 Å². The molecule has 2 amide bonds. The molecular weight excluding hydrogens is 326 g/mol. The van der Waals surface area contributed by atoms with Crippen molar-refractivity contribution >= 4 is 28.9 Å². The molecular formula is C20H21N5O. The molecule has 26 heavy (non-hydrogen) atoms. The van der Waals surface area contributed by atoms with Gasteiger partial charge in [0.15, 0.2) is 5.82 Å². The van der Waals surface area contributed by atoms with Gasteiger partial charge in [0.1, 0.15) is 0 Å². The fourth-order valence-electron chi connectivity index (χ4n) is 2.42. The van der Waals surface area contributed by atoms with E-state index in [1.807, 2.05) is 75.4 Å². The number of carbonyl (C=O) groups excluding carboxylic acids is 1. The monoisotopic (exact) mass is 347 g/mol. The quantitative estimate of drug-likeness (QED) is 0.634. The number of hydrogen-bond acceptors (Lipinski definition) is 4. The molecule has 0 bridgehead atoms. The van der Waals surface area contributed by atoms with Crippen LogP contribution in [0.3, 0.4) is 0 Å². The molecule has 0 radical (unpaired) electrons. The van der Waals surface area contributed by atoms with Crippen LogP contribution in [0.15, 0.2) is 54.6 Å². The lowest BCUT2D eigenvalue weighted by Crippen LogP contribution is -2.20. The second-order valence-electron chi connectivity index (χ2n) is 6.09. The summed E-state index contributed by atoms with van der Waals surface area (Å²) in [5.41, 5.74) is 5.43. The fraction of sp³-hybridized carbons (Fsp3) is 0.150. The first-order valence-electron chi connectivity index (χ1n) is 8.33. The number of anilines is 4. The van der Waals surface area contributed by atoms with E-state index in [0.717, 1.165) is 28.2 Å². The molecule has 3 rings (SSSR count). The van der Waals surface area contributed by atoms with Crippen LogP contribution in [0.4, 0.5) is 27.7 Å². The predicted octanol–water partition coefficient (Wildman–Crippen LogP) is 4.79. The zero-order chi connectivity index (χ0) is 18.5. The molecule has 6 heteroatoms. The van der Waals surface area contributed by atoms with Gasteiger partial charge in [-0.2, -0.15) is 5.10 Å². The third kappa shape index (κ3) is 4.36. The van der Waals surface area contributed by atoms with Gasteiger partial charge in [-0.25, -0.2) is 4.79 Å². The zero-order valence-electron chi connectivity index (χ0n) is 15.0. The first-order valence-corrected chi connectivity index (χ1v) is 8.33. The highest BCUT2D eigenvalue weighted by Gasteiger charge is 2.06. The Morgan fingerprint density at radius 2 is 1.54 bits per heavy atom. The number of aryl methyl sites for hydroxylation is 2. The fourth-order valence-corrected chi connectivity index (χ4v) is 2.42. The average Bonchev–Trinajstić information content (AvgIpc) is 2.62. The summed E-state index contributed by atoms with van der Waals surface area (Å²) >= 11 is 0. The van der Waals surface area contributed by atoms with E-state index in [-0.39, 0.29) is 6.03 Å². The summed E-state index contributed by atoms with van der Waals surface area (Å²) in [6, 6.07) is 16.7. The van der Waals surface area contributed by atoms with Crippen molar-refractivity contribution in [1.82, 2.24) is 10.2 Å². The minimum atomic E-state index is -0.274. The lowest BCUT2D eigenvalue weighted by atomic mass is 10.1. The highest BCUT2D eigenvalue weighted by atomic mass is 16.2. The first-order chi connectivity index (χ1) is 12.5. The predicted molar refractivity (Wildman–Crippen MR) is 105 cm³/mol. The lowest BCUT2D eigenvalue weighted by Gasteiger charge is -2.12. The van der Waals surface area contributed by atoms with Gasteiger partial charge in [-0.05, 0) is 74.4 Å². The van der Waals surface area contributed by atoms with Crippen LogP contribution in [0.25, 0.3) is 0 Å². The van der Waals surface area contributed by atoms with Gasteiger partial charge in [0.05, 0.1) is 5.69 Å². The maximum Gasteiger partial charge on any atom is 0.323 e. The standard InChI is InChI=1S/C20H21N5O/c1-13-5-4-6-18(15(13)3)23-20(26)22-17-10-8-16(9-11-17)21-19-12-7-14(2)24-25-19/h4-12H,1-3H3,(H,21,25)(H2,22,23,26). The number of carbonyl (C=O) groups is 1. The molecule has 0 unspecified atom stereocenters. The van der Waals surface area contributed by atoms with Crippen LogP contribution in [0.5, 0.6) is 0 Å². The van der Waals surface area contributed by atoms with E-state index in [1.54, 1.807) is 0 Å². The number of amides is 2. The second kappa shape index (κ2) is 7.65. The Morgan fingerprint density at radius 3 is 2.23 bits per heavy atom. The Morgan fingerprint density at radius 1 is 0.808 bits per heavy atom. The Balaban J connectivity index is 1.60. The Labute approximate surface area is 152 Å². The molecule has 1 aromatic heterocycles. The molecule has 2 aromatic carbocycles. The van der Waals surface area contributed by atoms with E-state index in [2.05, 4.69) is 26.1 Å². The first kappa shape index (κ1) is 17.4. The van der Waals surface area contributed by atoms with Crippen LogP contribution in [-0.4, -0.2) is 16.2 Å². The number of benzene rings is 2. The highest BCUT2D eigenvalue weighted by molar-refractivity contribution is 6.00. The van der Waals surface area contributed by atoms with Crippen LogP contribution in [0, 0.1) is 20.8 Å². The molecule has 0 fully saturated rings. The molecule has 0 spiro atoms. The molecule has 132 valence electrons. The molecule has 0 atom stereocenters. The van der Waals surface area contributed by atoms with Gasteiger partial charge in [0, 0.05) is 17.1 Å². The zero-order valence-corrected chi connectivity index (χ0v) is 15.0. The number of rotatable bonds is 4. The van der Waals surface area contributed by atoms with Crippen molar-refractivity contribution < 1.29 is 4.79 Å². The van der Waals surface area contributed by atoms with E-state index >= 15 is 0 Å². The summed E-state index contributed by atoms with van der Waals surface area (Å²) < 4.78 is 0. The molecule has 0 saturated carbocycles. The summed E-state index contributed by atoms with van der Waals surface area (Å²) in [5.74, 6) is 0.670. The maximum absolute atomic E-state index is 12.2. The molecule has 3 N–H and O–H groups in total. The number of nitrogens with zero attached hydrogens (tertiary/aromatic N) is 2. The van der Waals surface area contributed by atoms with Gasteiger partial charge in [-0.3, -0.25) is 0 Å². The summed E-state index contributed by atoms with van der Waals surface area (Å²) in [6.45, 7) is 5.89. The summed E-state index contributed by atoms with van der Waals surface area (Å²) in [6.07, 6.45) is 0. The normalized spacial score (nSPS) is 10.3. The van der Waals surface area contributed by atoms with Crippen molar-refractivity contribution in [3.8, 4) is 0 Å². The van der Waals surface area contributed by atoms with Gasteiger partial charge < -0.3 is 16.0 Å². The van der Waals surface area contributed by atoms with Gasteiger partial charge in [0.2, 0.25) is 0 Å². The van der Waals surface area contributed by atoms with Crippen LogP contribution in [-0.2, 0) is 0 Å². The van der Waals surface area contributed by atoms with Crippen LogP contribution in [0.2, 0.25) is 0 Å². The summed E-state index contributed by atoms with van der Waals surface area (Å²) in [5, 5.41) is 16.9. The van der Waals surface area contributed by atoms with Gasteiger partial charge in [-0.1, -0.05) is 12.1 Å². The molecule has 0 aliphatic heterocycles. The minimum Gasteiger partial charge on any atom is -0.339 e. The largest absolute Gasteiger partial charge is 0.339 e. The maximum atomic E-state index is 12.2. The number of nitrogens with one attached hydrogen (secondary N) is 3. The molecule has 1 heterocycles. The van der Waals surface area contributed by atoms with Gasteiger partial charge in [-0.15, -0.1) is 5.10 Å². The van der Waals surface area contributed by atoms with Crippen LogP contribution >= 0.6 is 0 Å². The highest BCUT2D eigenvalue weighted by Crippen LogP contribution is 2.20. The Kier molecular flexibility index (Phi) is 5.12. The summed E-state index contributed by atoms with van der Waals surface area (Å²) in [7, 11) is 0. The van der Waals surface area contributed by atoms with Crippen molar-refractivity contribution in [3.63, 3.8) is 0 Å². The van der Waals surface area contributed by atoms with Crippen molar-refractivity contribution in [3.05, 3.63) is 71.4 Å². The van der Waals surface area contributed by atoms with E-state index in [0.29, 0.717) is 11.5 Å². The average molecular weight is 347 g/mol. The molecule has 0 saturated heterocycles. The summed E-state index contributed by atoms with van der Waals surface area (Å²) in [4.78, 5) is 12.2. The third-order valence-corrected chi connectivity index (χ3v) is 4.07.